The van der Waals surface area contributed by atoms with Crippen LogP contribution in [-0.2, 0) is 28.6 Å². The van der Waals surface area contributed by atoms with E-state index in [-0.39, 0.29) is 31.1 Å². The van der Waals surface area contributed by atoms with Crippen molar-refractivity contribution >= 4 is 17.9 Å². The zero-order chi connectivity index (χ0) is 58.5. The Kier molecular flexibility index (Phi) is 64.8. The number of esters is 3. The van der Waals surface area contributed by atoms with Crippen LogP contribution in [0.4, 0.5) is 0 Å². The van der Waals surface area contributed by atoms with Crippen LogP contribution >= 0.6 is 0 Å². The fourth-order valence-corrected chi connectivity index (χ4v) is 9.40. The first-order chi connectivity index (χ1) is 40.0. The van der Waals surface area contributed by atoms with E-state index in [4.69, 9.17) is 14.2 Å². The van der Waals surface area contributed by atoms with E-state index in [0.29, 0.717) is 19.3 Å². The summed E-state index contributed by atoms with van der Waals surface area (Å²) in [6.07, 6.45) is 95.1. The number of hydrogen-bond acceptors (Lipinski definition) is 6. The minimum Gasteiger partial charge on any atom is -0.462 e. The molecular weight excluding hydrogens is 997 g/mol. The number of rotatable bonds is 61. The maximum atomic E-state index is 12.9. The molecule has 6 heteroatoms. The van der Waals surface area contributed by atoms with Gasteiger partial charge in [0, 0.05) is 19.3 Å². The van der Waals surface area contributed by atoms with Crippen molar-refractivity contribution in [1.82, 2.24) is 0 Å². The maximum absolute atomic E-state index is 12.9. The van der Waals surface area contributed by atoms with Crippen molar-refractivity contribution < 1.29 is 28.6 Å². The molecule has 0 N–H and O–H groups in total. The Balaban J connectivity index is 4.32. The molecule has 0 aliphatic heterocycles. The number of hydrogen-bond donors (Lipinski definition) is 0. The summed E-state index contributed by atoms with van der Waals surface area (Å²) < 4.78 is 16.9. The SMILES string of the molecule is CC/C=C\C/C=C\C/C=C\C/C=C\CCCCCCCCC(=O)OC(COC(=O)CCCC/C=C\C/C=C\C/C=C\C/C=C\CC)COC(=O)CCCCCCCCCCCCCCCCCCC/C=C\C/C=C\CCCCCCC. The molecule has 0 aromatic heterocycles. The van der Waals surface area contributed by atoms with Gasteiger partial charge in [0.05, 0.1) is 0 Å². The first-order valence-electron chi connectivity index (χ1n) is 34.0. The number of allylic oxidation sites excluding steroid dienone is 20. The smallest absolute Gasteiger partial charge is 0.306 e. The molecule has 0 aliphatic carbocycles. The fourth-order valence-electron chi connectivity index (χ4n) is 9.40. The van der Waals surface area contributed by atoms with Gasteiger partial charge in [0.1, 0.15) is 13.2 Å². The van der Waals surface area contributed by atoms with Crippen molar-refractivity contribution in [3.05, 3.63) is 122 Å². The summed E-state index contributed by atoms with van der Waals surface area (Å²) in [6.45, 7) is 6.38. The number of unbranched alkanes of at least 4 members (excludes halogenated alkanes) is 30. The Bertz CT molecular complexity index is 1670. The van der Waals surface area contributed by atoms with E-state index in [0.717, 1.165) is 128 Å². The van der Waals surface area contributed by atoms with Crippen molar-refractivity contribution in [3.8, 4) is 0 Å². The fraction of sp³-hybridized carbons (Fsp3) is 0.693. The molecule has 462 valence electrons. The van der Waals surface area contributed by atoms with Crippen molar-refractivity contribution in [2.24, 2.45) is 0 Å². The molecule has 0 aromatic rings. The predicted molar refractivity (Wildman–Crippen MR) is 353 cm³/mol. The van der Waals surface area contributed by atoms with Crippen LogP contribution in [-0.4, -0.2) is 37.2 Å². The third-order valence-electron chi connectivity index (χ3n) is 14.4. The van der Waals surface area contributed by atoms with E-state index in [9.17, 15) is 14.4 Å². The van der Waals surface area contributed by atoms with Crippen molar-refractivity contribution in [3.63, 3.8) is 0 Å². The highest BCUT2D eigenvalue weighted by atomic mass is 16.6. The topological polar surface area (TPSA) is 78.9 Å². The zero-order valence-corrected chi connectivity index (χ0v) is 53.0. The first kappa shape index (κ1) is 76.8. The molecule has 0 fully saturated rings. The highest BCUT2D eigenvalue weighted by molar-refractivity contribution is 5.71. The van der Waals surface area contributed by atoms with Crippen molar-refractivity contribution in [1.29, 1.82) is 0 Å². The van der Waals surface area contributed by atoms with Gasteiger partial charge in [0.25, 0.3) is 0 Å². The standard InChI is InChI=1S/C75H126O6/c1-4-7-10-13-16-19-22-25-28-30-32-33-34-35-36-37-38-39-40-41-43-44-47-50-53-56-59-62-65-68-74(77)80-71-72(70-79-73(76)67-64-61-58-55-52-49-46-27-24-21-18-15-12-9-6-3)81-75(78)69-66-63-60-57-54-51-48-45-42-31-29-26-23-20-17-14-11-8-5-2/h8-9,11-12,17-18,20-22,25-27,29-30,32,42,45-46,52,55,72H,4-7,10,13-16,19,23-24,28,31,33-41,43-44,47-51,53-54,56-71H2,1-3H3/b11-8-,12-9-,20-17-,21-18-,25-22-,29-26-,32-30-,45-42-,46-27-,55-52-. The maximum Gasteiger partial charge on any atom is 0.306 e. The van der Waals surface area contributed by atoms with Gasteiger partial charge < -0.3 is 14.2 Å². The molecule has 0 aromatic carbocycles. The molecule has 1 atom stereocenters. The molecular formula is C75H126O6. The highest BCUT2D eigenvalue weighted by Crippen LogP contribution is 2.17. The van der Waals surface area contributed by atoms with Crippen LogP contribution in [0.25, 0.3) is 0 Å². The predicted octanol–water partition coefficient (Wildman–Crippen LogP) is 23.6. The van der Waals surface area contributed by atoms with Crippen molar-refractivity contribution in [2.75, 3.05) is 13.2 Å². The van der Waals surface area contributed by atoms with Gasteiger partial charge >= 0.3 is 17.9 Å². The Morgan fingerprint density at radius 2 is 0.481 bits per heavy atom. The van der Waals surface area contributed by atoms with E-state index in [1.807, 2.05) is 0 Å². The molecule has 0 rings (SSSR count). The van der Waals surface area contributed by atoms with Gasteiger partial charge in [-0.15, -0.1) is 0 Å². The summed E-state index contributed by atoms with van der Waals surface area (Å²) >= 11 is 0. The Labute approximate surface area is 501 Å². The molecule has 0 saturated carbocycles. The van der Waals surface area contributed by atoms with Crippen LogP contribution in [0, 0.1) is 0 Å². The van der Waals surface area contributed by atoms with Gasteiger partial charge in [0.15, 0.2) is 6.10 Å². The highest BCUT2D eigenvalue weighted by Gasteiger charge is 2.19. The van der Waals surface area contributed by atoms with Crippen LogP contribution in [0.5, 0.6) is 0 Å². The third kappa shape index (κ3) is 66.5. The van der Waals surface area contributed by atoms with Gasteiger partial charge in [-0.2, -0.15) is 0 Å². The second-order valence-electron chi connectivity index (χ2n) is 22.3. The Morgan fingerprint density at radius 3 is 0.778 bits per heavy atom. The monoisotopic (exact) mass is 1120 g/mol. The van der Waals surface area contributed by atoms with Crippen LogP contribution in [0.15, 0.2) is 122 Å². The van der Waals surface area contributed by atoms with Gasteiger partial charge in [0.2, 0.25) is 0 Å². The van der Waals surface area contributed by atoms with E-state index in [1.165, 1.54) is 148 Å². The van der Waals surface area contributed by atoms with Crippen LogP contribution in [0.3, 0.4) is 0 Å². The van der Waals surface area contributed by atoms with Crippen molar-refractivity contribution in [2.45, 2.75) is 322 Å². The van der Waals surface area contributed by atoms with Crippen LogP contribution in [0.2, 0.25) is 0 Å². The molecule has 0 heterocycles. The molecule has 0 bridgehead atoms. The van der Waals surface area contributed by atoms with E-state index in [1.54, 1.807) is 0 Å². The Morgan fingerprint density at radius 1 is 0.259 bits per heavy atom. The number of carbonyl (C=O) groups excluding carboxylic acids is 3. The molecule has 81 heavy (non-hydrogen) atoms. The van der Waals surface area contributed by atoms with Gasteiger partial charge in [-0.3, -0.25) is 14.4 Å². The van der Waals surface area contributed by atoms with Crippen LogP contribution in [0.1, 0.15) is 316 Å². The average Bonchev–Trinajstić information content (AvgIpc) is 3.47. The van der Waals surface area contributed by atoms with E-state index >= 15 is 0 Å². The summed E-state index contributed by atoms with van der Waals surface area (Å²) in [4.78, 5) is 38.4. The summed E-state index contributed by atoms with van der Waals surface area (Å²) in [7, 11) is 0. The zero-order valence-electron chi connectivity index (χ0n) is 53.0. The minimum atomic E-state index is -0.807. The lowest BCUT2D eigenvalue weighted by Crippen LogP contribution is -2.30. The molecule has 6 nitrogen and oxygen atoms in total. The quantitative estimate of drug-likeness (QED) is 0.0261. The summed E-state index contributed by atoms with van der Waals surface area (Å²) in [5.41, 5.74) is 0. The summed E-state index contributed by atoms with van der Waals surface area (Å²) in [5, 5.41) is 0. The summed E-state index contributed by atoms with van der Waals surface area (Å²) in [6, 6.07) is 0. The largest absolute Gasteiger partial charge is 0.462 e. The van der Waals surface area contributed by atoms with Gasteiger partial charge in [-0.1, -0.05) is 290 Å². The first-order valence-corrected chi connectivity index (χ1v) is 34.0. The second-order valence-corrected chi connectivity index (χ2v) is 22.3. The van der Waals surface area contributed by atoms with Gasteiger partial charge in [-0.05, 0) is 128 Å². The average molecular weight is 1120 g/mol. The molecule has 1 unspecified atom stereocenters. The number of ether oxygens (including phenoxy) is 3. The van der Waals surface area contributed by atoms with Crippen LogP contribution < -0.4 is 0 Å². The lowest BCUT2D eigenvalue weighted by molar-refractivity contribution is -0.167. The molecule has 0 amide bonds. The Hall–Kier alpha value is -4.19. The number of carbonyl (C=O) groups is 3. The minimum absolute atomic E-state index is 0.0980. The third-order valence-corrected chi connectivity index (χ3v) is 14.4. The van der Waals surface area contributed by atoms with E-state index < -0.39 is 6.10 Å². The lowest BCUT2D eigenvalue weighted by Gasteiger charge is -2.18. The molecule has 0 spiro atoms. The second kappa shape index (κ2) is 68.3. The van der Waals surface area contributed by atoms with E-state index in [2.05, 4.69) is 142 Å². The summed E-state index contributed by atoms with van der Waals surface area (Å²) in [5.74, 6) is -0.948. The van der Waals surface area contributed by atoms with Gasteiger partial charge in [-0.25, -0.2) is 0 Å². The lowest BCUT2D eigenvalue weighted by atomic mass is 10.0. The molecule has 0 radical (unpaired) electrons. The molecule has 0 aliphatic rings. The normalized spacial score (nSPS) is 12.9. The molecule has 0 saturated heterocycles.